The van der Waals surface area contributed by atoms with Gasteiger partial charge < -0.3 is 19.9 Å². The molecule has 37 heavy (non-hydrogen) atoms. The highest BCUT2D eigenvalue weighted by Gasteiger charge is 2.52. The van der Waals surface area contributed by atoms with Crippen molar-refractivity contribution >= 4 is 29.0 Å². The van der Waals surface area contributed by atoms with Crippen LogP contribution in [0.5, 0.6) is 0 Å². The molecule has 4 heterocycles. The normalized spacial score (nSPS) is 25.5. The number of carbonyl (C=O) groups is 3. The molecule has 2 N–H and O–H groups in total. The Morgan fingerprint density at radius 2 is 1.84 bits per heavy atom. The minimum absolute atomic E-state index is 0.139. The van der Waals surface area contributed by atoms with Gasteiger partial charge in [0.25, 0.3) is 11.5 Å². The number of rotatable bonds is 5. The lowest BCUT2D eigenvalue weighted by Crippen LogP contribution is -2.53. The maximum Gasteiger partial charge on any atom is 0.332 e. The fraction of sp³-hybridized carbons (Fsp3) is 0.667. The van der Waals surface area contributed by atoms with E-state index in [1.54, 1.807) is 16.4 Å². The largest absolute Gasteiger partial charge is 0.388 e. The zero-order chi connectivity index (χ0) is 26.7. The van der Waals surface area contributed by atoms with Gasteiger partial charge in [0.1, 0.15) is 5.54 Å². The molecule has 0 bridgehead atoms. The molecule has 200 valence electrons. The Morgan fingerprint density at radius 1 is 1.14 bits per heavy atom. The number of amides is 4. The highest BCUT2D eigenvalue weighted by molar-refractivity contribution is 6.07. The van der Waals surface area contributed by atoms with Crippen LogP contribution in [0, 0.1) is 0 Å². The molecule has 1 spiro atoms. The fourth-order valence-corrected chi connectivity index (χ4v) is 5.98. The number of hydrogen-bond acceptors (Lipinski definition) is 7. The number of carbonyl (C=O) groups excluding carboxylic acids is 3. The first-order valence-corrected chi connectivity index (χ1v) is 12.7. The number of nitrogens with one attached hydrogen (secondary N) is 1. The van der Waals surface area contributed by atoms with Crippen molar-refractivity contribution in [3.63, 3.8) is 0 Å². The lowest BCUT2D eigenvalue weighted by atomic mass is 9.88. The molecule has 0 unspecified atom stereocenters. The van der Waals surface area contributed by atoms with Crippen molar-refractivity contribution in [1.82, 2.24) is 33.8 Å². The number of aryl methyl sites for hydroxylation is 1. The second-order valence-corrected chi connectivity index (χ2v) is 10.8. The van der Waals surface area contributed by atoms with Gasteiger partial charge in [0.05, 0.1) is 18.0 Å². The molecule has 2 saturated heterocycles. The van der Waals surface area contributed by atoms with Gasteiger partial charge in [0, 0.05) is 40.2 Å². The number of aromatic nitrogens is 4. The van der Waals surface area contributed by atoms with Gasteiger partial charge in [-0.1, -0.05) is 12.8 Å². The third kappa shape index (κ3) is 3.95. The lowest BCUT2D eigenvalue weighted by Gasteiger charge is -2.43. The summed E-state index contributed by atoms with van der Waals surface area (Å²) < 4.78 is 3.83. The first-order chi connectivity index (χ1) is 17.5. The third-order valence-electron chi connectivity index (χ3n) is 8.34. The van der Waals surface area contributed by atoms with Crippen LogP contribution in [0.1, 0.15) is 57.9 Å². The minimum atomic E-state index is -1.22. The number of imidazole rings is 1. The second-order valence-electron chi connectivity index (χ2n) is 10.8. The van der Waals surface area contributed by atoms with Crippen molar-refractivity contribution in [2.75, 3.05) is 19.6 Å². The zero-order valence-corrected chi connectivity index (χ0v) is 21.4. The predicted molar refractivity (Wildman–Crippen MR) is 132 cm³/mol. The van der Waals surface area contributed by atoms with E-state index >= 15 is 0 Å². The van der Waals surface area contributed by atoms with Crippen molar-refractivity contribution in [2.24, 2.45) is 14.1 Å². The van der Waals surface area contributed by atoms with Crippen LogP contribution in [0.4, 0.5) is 4.79 Å². The summed E-state index contributed by atoms with van der Waals surface area (Å²) in [6.07, 6.45) is 5.31. The monoisotopic (exact) mass is 515 g/mol. The van der Waals surface area contributed by atoms with E-state index < -0.39 is 34.5 Å². The van der Waals surface area contributed by atoms with Gasteiger partial charge in [-0.2, -0.15) is 0 Å². The molecule has 1 aliphatic carbocycles. The van der Waals surface area contributed by atoms with Crippen molar-refractivity contribution in [3.8, 4) is 0 Å². The molecule has 0 radical (unpaired) electrons. The van der Waals surface area contributed by atoms with E-state index in [1.807, 2.05) is 0 Å². The van der Waals surface area contributed by atoms with E-state index in [2.05, 4.69) is 10.3 Å². The topological polar surface area (TPSA) is 152 Å². The predicted octanol–water partition coefficient (Wildman–Crippen LogP) is -0.397. The summed E-state index contributed by atoms with van der Waals surface area (Å²) >= 11 is 0. The summed E-state index contributed by atoms with van der Waals surface area (Å²) in [6.45, 7) is 2.31. The van der Waals surface area contributed by atoms with Gasteiger partial charge in [0.2, 0.25) is 5.91 Å². The Morgan fingerprint density at radius 3 is 2.54 bits per heavy atom. The van der Waals surface area contributed by atoms with Gasteiger partial charge in [-0.25, -0.2) is 14.6 Å². The van der Waals surface area contributed by atoms with Gasteiger partial charge in [-0.3, -0.25) is 28.4 Å². The van der Waals surface area contributed by atoms with E-state index in [0.29, 0.717) is 25.8 Å². The molecule has 2 aromatic rings. The summed E-state index contributed by atoms with van der Waals surface area (Å²) in [5.41, 5.74) is -2.62. The molecule has 3 aliphatic rings. The first kappa shape index (κ1) is 25.2. The molecule has 5 rings (SSSR count). The molecule has 0 aromatic carbocycles. The number of aliphatic hydroxyl groups is 1. The van der Waals surface area contributed by atoms with Crippen LogP contribution in [-0.4, -0.2) is 82.2 Å². The van der Waals surface area contributed by atoms with E-state index in [4.69, 9.17) is 0 Å². The maximum atomic E-state index is 13.1. The van der Waals surface area contributed by atoms with Crippen molar-refractivity contribution in [2.45, 2.75) is 69.1 Å². The van der Waals surface area contributed by atoms with Gasteiger partial charge in [-0.05, 0) is 32.6 Å². The molecule has 2 atom stereocenters. The lowest BCUT2D eigenvalue weighted by molar-refractivity contribution is -0.138. The molecule has 2 aromatic heterocycles. The number of piperidine rings is 1. The molecule has 13 heteroatoms. The van der Waals surface area contributed by atoms with Crippen LogP contribution < -0.4 is 16.6 Å². The number of urea groups is 1. The molecule has 4 amide bonds. The Hall–Kier alpha value is -3.48. The van der Waals surface area contributed by atoms with Crippen molar-refractivity contribution in [3.05, 3.63) is 27.2 Å². The Labute approximate surface area is 212 Å². The van der Waals surface area contributed by atoms with E-state index in [9.17, 15) is 29.1 Å². The van der Waals surface area contributed by atoms with Crippen LogP contribution in [0.2, 0.25) is 0 Å². The number of fused-ring (bicyclic) bond motifs is 1. The minimum Gasteiger partial charge on any atom is -0.388 e. The Bertz CT molecular complexity index is 1400. The number of imide groups is 1. The first-order valence-electron chi connectivity index (χ1n) is 12.7. The van der Waals surface area contributed by atoms with Crippen molar-refractivity contribution < 1.29 is 19.5 Å². The average molecular weight is 516 g/mol. The summed E-state index contributed by atoms with van der Waals surface area (Å²) in [5.74, 6) is -0.354. The van der Waals surface area contributed by atoms with Gasteiger partial charge >= 0.3 is 11.7 Å². The smallest absolute Gasteiger partial charge is 0.332 e. The average Bonchev–Trinajstić information content (AvgIpc) is 3.56. The molecule has 13 nitrogen and oxygen atoms in total. The summed E-state index contributed by atoms with van der Waals surface area (Å²) in [4.78, 5) is 70.6. The Kier molecular flexibility index (Phi) is 6.00. The van der Waals surface area contributed by atoms with Crippen LogP contribution >= 0.6 is 0 Å². The Balaban J connectivity index is 1.29. The van der Waals surface area contributed by atoms with E-state index in [-0.39, 0.29) is 48.9 Å². The third-order valence-corrected chi connectivity index (χ3v) is 8.34. The van der Waals surface area contributed by atoms with Crippen LogP contribution in [0.3, 0.4) is 0 Å². The summed E-state index contributed by atoms with van der Waals surface area (Å²) in [7, 11) is 2.91. The van der Waals surface area contributed by atoms with Gasteiger partial charge in [0.15, 0.2) is 11.2 Å². The quantitative estimate of drug-likeness (QED) is 0.514. The molecular formula is C24H33N7O6. The molecule has 2 aliphatic heterocycles. The van der Waals surface area contributed by atoms with E-state index in [0.717, 1.165) is 17.4 Å². The highest BCUT2D eigenvalue weighted by Crippen LogP contribution is 2.36. The van der Waals surface area contributed by atoms with Crippen molar-refractivity contribution in [1.29, 1.82) is 0 Å². The van der Waals surface area contributed by atoms with E-state index in [1.165, 1.54) is 29.9 Å². The summed E-state index contributed by atoms with van der Waals surface area (Å²) in [5, 5.41) is 14.0. The van der Waals surface area contributed by atoms with Crippen LogP contribution in [0.25, 0.3) is 11.2 Å². The molecule has 3 fully saturated rings. The maximum absolute atomic E-state index is 13.1. The highest BCUT2D eigenvalue weighted by atomic mass is 16.3. The number of likely N-dealkylation sites (tertiary alicyclic amines) is 1. The second kappa shape index (κ2) is 8.82. The molecular weight excluding hydrogens is 482 g/mol. The molecule has 1 saturated carbocycles. The van der Waals surface area contributed by atoms with Crippen LogP contribution in [0.15, 0.2) is 15.9 Å². The number of nitrogens with zero attached hydrogens (tertiary/aromatic N) is 6. The standard InChI is InChI=1S/C24H33N7O6/c1-23(37)10-12-29(13-15(23)31-14-25-18-17(31)19(33)28(3)22(36)27(18)2)16(32)7-6-11-30-20(34)24(26-21(30)35)8-4-5-9-24/h14-15,37H,4-13H2,1-3H3,(H,26,35)/t15-,23-/m0/s1. The fourth-order valence-electron chi connectivity index (χ4n) is 5.98. The number of hydrogen-bond donors (Lipinski definition) is 2. The van der Waals surface area contributed by atoms with Crippen LogP contribution in [-0.2, 0) is 23.7 Å². The van der Waals surface area contributed by atoms with Gasteiger partial charge in [-0.15, -0.1) is 0 Å². The SMILES string of the molecule is Cn1c(=O)c2c(ncn2[C@H]2CN(C(=O)CCCN3C(=O)NC4(CCCC4)C3=O)CC[C@]2(C)O)n(C)c1=O. The summed E-state index contributed by atoms with van der Waals surface area (Å²) in [6, 6.07) is -1.05. The zero-order valence-electron chi connectivity index (χ0n) is 21.4.